The van der Waals surface area contributed by atoms with Crippen LogP contribution < -0.4 is 10.5 Å². The molecular weight excluding hydrogens is 254 g/mol. The van der Waals surface area contributed by atoms with Gasteiger partial charge in [0.15, 0.2) is 5.75 Å². The van der Waals surface area contributed by atoms with Gasteiger partial charge < -0.3 is 15.6 Å². The number of para-hydroxylation sites is 1. The average Bonchev–Trinajstić information content (AvgIpc) is 2.34. The number of halogens is 1. The van der Waals surface area contributed by atoms with Crippen LogP contribution in [0.5, 0.6) is 11.5 Å². The van der Waals surface area contributed by atoms with E-state index in [0.717, 1.165) is 0 Å². The molecule has 0 fully saturated rings. The summed E-state index contributed by atoms with van der Waals surface area (Å²) in [5.41, 5.74) is 5.84. The summed E-state index contributed by atoms with van der Waals surface area (Å²) >= 11 is 5.75. The van der Waals surface area contributed by atoms with E-state index in [9.17, 15) is 4.79 Å². The molecule has 0 saturated heterocycles. The predicted octanol–water partition coefficient (Wildman–Crippen LogP) is 3.41. The second kappa shape index (κ2) is 4.98. The first-order chi connectivity index (χ1) is 8.58. The third-order valence-corrected chi connectivity index (χ3v) is 2.59. The number of hydrogen-bond donors (Lipinski definition) is 2. The van der Waals surface area contributed by atoms with Crippen LogP contribution in [-0.4, -0.2) is 11.1 Å². The van der Waals surface area contributed by atoms with E-state index in [2.05, 4.69) is 0 Å². The lowest BCUT2D eigenvalue weighted by Gasteiger charge is -2.10. The van der Waals surface area contributed by atoms with Crippen molar-refractivity contribution < 1.29 is 14.6 Å². The lowest BCUT2D eigenvalue weighted by Crippen LogP contribution is -2.03. The highest BCUT2D eigenvalue weighted by Crippen LogP contribution is 2.30. The molecule has 0 heterocycles. The van der Waals surface area contributed by atoms with Crippen molar-refractivity contribution in [2.75, 3.05) is 5.73 Å². The zero-order valence-electron chi connectivity index (χ0n) is 9.26. The second-order valence-electron chi connectivity index (χ2n) is 3.58. The number of hydrogen-bond acceptors (Lipinski definition) is 3. The van der Waals surface area contributed by atoms with Crippen molar-refractivity contribution in [1.82, 2.24) is 0 Å². The molecule has 2 rings (SSSR count). The van der Waals surface area contributed by atoms with E-state index in [1.165, 1.54) is 6.07 Å². The first kappa shape index (κ1) is 12.3. The van der Waals surface area contributed by atoms with Crippen LogP contribution in [0.4, 0.5) is 5.69 Å². The monoisotopic (exact) mass is 263 g/mol. The van der Waals surface area contributed by atoms with Crippen molar-refractivity contribution in [3.05, 3.63) is 53.1 Å². The third kappa shape index (κ3) is 2.55. The van der Waals surface area contributed by atoms with Crippen LogP contribution in [-0.2, 0) is 0 Å². The van der Waals surface area contributed by atoms with Gasteiger partial charge in [0.2, 0.25) is 0 Å². The second-order valence-corrected chi connectivity index (χ2v) is 4.01. The SMILES string of the molecule is Nc1c(Oc2ccc(Cl)cc2)cccc1C(=O)O. The molecule has 92 valence electrons. The molecule has 0 bridgehead atoms. The molecule has 0 atom stereocenters. The zero-order chi connectivity index (χ0) is 13.1. The Bertz CT molecular complexity index is 581. The van der Waals surface area contributed by atoms with Gasteiger partial charge in [-0.25, -0.2) is 4.79 Å². The third-order valence-electron chi connectivity index (χ3n) is 2.34. The number of nitrogen functional groups attached to an aromatic ring is 1. The Morgan fingerprint density at radius 2 is 1.83 bits per heavy atom. The summed E-state index contributed by atoms with van der Waals surface area (Å²) in [5, 5.41) is 9.53. The number of carboxylic acid groups (broad SMARTS) is 1. The Kier molecular flexibility index (Phi) is 3.39. The van der Waals surface area contributed by atoms with Gasteiger partial charge in [0.25, 0.3) is 0 Å². The summed E-state index contributed by atoms with van der Waals surface area (Å²) < 4.78 is 5.51. The molecule has 4 nitrogen and oxygen atoms in total. The topological polar surface area (TPSA) is 72.5 Å². The van der Waals surface area contributed by atoms with Gasteiger partial charge in [-0.05, 0) is 36.4 Å². The molecule has 2 aromatic carbocycles. The molecule has 0 unspecified atom stereocenters. The van der Waals surface area contributed by atoms with E-state index in [-0.39, 0.29) is 11.3 Å². The van der Waals surface area contributed by atoms with E-state index in [1.807, 2.05) is 0 Å². The zero-order valence-corrected chi connectivity index (χ0v) is 10.0. The number of carbonyl (C=O) groups is 1. The van der Waals surface area contributed by atoms with Gasteiger partial charge in [-0.2, -0.15) is 0 Å². The van der Waals surface area contributed by atoms with E-state index < -0.39 is 5.97 Å². The number of rotatable bonds is 3. The number of benzene rings is 2. The van der Waals surface area contributed by atoms with Crippen LogP contribution in [0.15, 0.2) is 42.5 Å². The van der Waals surface area contributed by atoms with E-state index in [4.69, 9.17) is 27.2 Å². The highest BCUT2D eigenvalue weighted by atomic mass is 35.5. The molecule has 0 saturated carbocycles. The maximum absolute atomic E-state index is 10.9. The van der Waals surface area contributed by atoms with E-state index in [0.29, 0.717) is 16.5 Å². The normalized spacial score (nSPS) is 10.1. The van der Waals surface area contributed by atoms with Crippen LogP contribution in [0.3, 0.4) is 0 Å². The molecule has 2 aromatic rings. The summed E-state index contributed by atoms with van der Waals surface area (Å²) in [6, 6.07) is 11.3. The fourth-order valence-electron chi connectivity index (χ4n) is 1.45. The Labute approximate surface area is 109 Å². The first-order valence-corrected chi connectivity index (χ1v) is 5.51. The molecule has 0 aromatic heterocycles. The van der Waals surface area contributed by atoms with Gasteiger partial charge in [-0.15, -0.1) is 0 Å². The van der Waals surface area contributed by atoms with Crippen LogP contribution in [0.2, 0.25) is 5.02 Å². The Hall–Kier alpha value is -2.20. The van der Waals surface area contributed by atoms with Crippen molar-refractivity contribution in [2.45, 2.75) is 0 Å². The Balaban J connectivity index is 2.32. The summed E-state index contributed by atoms with van der Waals surface area (Å²) in [6.07, 6.45) is 0. The standard InChI is InChI=1S/C13H10ClNO3/c14-8-4-6-9(7-5-8)18-11-3-1-2-10(12(11)15)13(16)17/h1-7H,15H2,(H,16,17). The van der Waals surface area contributed by atoms with Gasteiger partial charge in [0, 0.05) is 5.02 Å². The number of nitrogens with two attached hydrogens (primary N) is 1. The predicted molar refractivity (Wildman–Crippen MR) is 69.3 cm³/mol. The van der Waals surface area contributed by atoms with Crippen molar-refractivity contribution in [3.63, 3.8) is 0 Å². The molecule has 3 N–H and O–H groups in total. The number of aromatic carboxylic acids is 1. The molecule has 0 radical (unpaired) electrons. The van der Waals surface area contributed by atoms with Crippen molar-refractivity contribution in [2.24, 2.45) is 0 Å². The number of anilines is 1. The van der Waals surface area contributed by atoms with Crippen molar-refractivity contribution in [3.8, 4) is 11.5 Å². The molecule has 0 aliphatic heterocycles. The maximum Gasteiger partial charge on any atom is 0.337 e. The smallest absolute Gasteiger partial charge is 0.337 e. The van der Waals surface area contributed by atoms with Crippen molar-refractivity contribution in [1.29, 1.82) is 0 Å². The lowest BCUT2D eigenvalue weighted by molar-refractivity contribution is 0.0698. The minimum Gasteiger partial charge on any atom is -0.478 e. The number of ether oxygens (including phenoxy) is 1. The van der Waals surface area contributed by atoms with Gasteiger partial charge in [-0.3, -0.25) is 0 Å². The fraction of sp³-hybridized carbons (Fsp3) is 0. The molecule has 0 spiro atoms. The van der Waals surface area contributed by atoms with Gasteiger partial charge in [0.05, 0.1) is 11.3 Å². The largest absolute Gasteiger partial charge is 0.478 e. The van der Waals surface area contributed by atoms with Crippen LogP contribution in [0, 0.1) is 0 Å². The summed E-state index contributed by atoms with van der Waals surface area (Å²) in [7, 11) is 0. The Morgan fingerprint density at radius 3 is 2.44 bits per heavy atom. The minimum absolute atomic E-state index is 0.0152. The van der Waals surface area contributed by atoms with Crippen LogP contribution >= 0.6 is 11.6 Å². The average molecular weight is 264 g/mol. The molecule has 5 heteroatoms. The minimum atomic E-state index is -1.09. The Morgan fingerprint density at radius 1 is 1.17 bits per heavy atom. The van der Waals surface area contributed by atoms with E-state index >= 15 is 0 Å². The molecule has 0 aliphatic rings. The fourth-order valence-corrected chi connectivity index (χ4v) is 1.58. The summed E-state index contributed by atoms with van der Waals surface area (Å²) in [6.45, 7) is 0. The summed E-state index contributed by atoms with van der Waals surface area (Å²) in [4.78, 5) is 10.9. The quantitative estimate of drug-likeness (QED) is 0.833. The molecular formula is C13H10ClNO3. The van der Waals surface area contributed by atoms with Crippen LogP contribution in [0.1, 0.15) is 10.4 Å². The van der Waals surface area contributed by atoms with Crippen LogP contribution in [0.25, 0.3) is 0 Å². The molecule has 18 heavy (non-hydrogen) atoms. The van der Waals surface area contributed by atoms with E-state index in [1.54, 1.807) is 36.4 Å². The van der Waals surface area contributed by atoms with Gasteiger partial charge in [0.1, 0.15) is 5.75 Å². The molecule has 0 aliphatic carbocycles. The molecule has 0 amide bonds. The van der Waals surface area contributed by atoms with Gasteiger partial charge >= 0.3 is 5.97 Å². The maximum atomic E-state index is 10.9. The number of carboxylic acids is 1. The summed E-state index contributed by atoms with van der Waals surface area (Å²) in [5.74, 6) is -0.250. The van der Waals surface area contributed by atoms with Gasteiger partial charge in [-0.1, -0.05) is 17.7 Å². The first-order valence-electron chi connectivity index (χ1n) is 5.13. The lowest BCUT2D eigenvalue weighted by atomic mass is 10.1. The highest BCUT2D eigenvalue weighted by molar-refractivity contribution is 6.30. The van der Waals surface area contributed by atoms with Crippen molar-refractivity contribution >= 4 is 23.3 Å². The highest BCUT2D eigenvalue weighted by Gasteiger charge is 2.12.